The Bertz CT molecular complexity index is 2600. The Labute approximate surface area is 486 Å². The van der Waals surface area contributed by atoms with E-state index in [1.54, 1.807) is 51.2 Å². The lowest BCUT2D eigenvalue weighted by Gasteiger charge is -2.33. The average Bonchev–Trinajstić information content (AvgIpc) is 3.88. The monoisotopic (exact) mass is 1190 g/mol. The SMILES string of the molecule is CC(C)(C)OC(=O)N1CC=C(B2OC(C)(C)C(C)(C)O2)CC1.CO.COC(=O)c1ccc(Br)nc1.COC(=O)c1ccc(C2=CCN(C(=O)OC(C)(C)C)CC2)nc1.COC(=O)c1ccc(C2CCN(C(=O)OC(C)(C)C)CC2)nc1. The van der Waals surface area contributed by atoms with Gasteiger partial charge in [0.1, 0.15) is 21.4 Å². The zero-order chi connectivity index (χ0) is 61.1. The quantitative estimate of drug-likeness (QED) is 0.104. The zero-order valence-corrected chi connectivity index (χ0v) is 51.9. The standard InChI is InChI=1S/C17H24N2O4.C17H22N2O4.C16H28BNO4.C7H6BrNO2.CH4O/c2*1-17(2,3)23-16(21)19-9-7-12(8-10-19)14-6-5-13(11-18-14)15(20)22-4;1-14(2,3)20-13(19)18-10-8-12(9-11-18)17-21-15(4,5)16(6,7)22-17;1-11-7(10)5-2-3-6(8)9-4-5;1-2/h5-6,11-12H,7-10H2,1-4H3;5-7,11H,8-10H2,1-4H3;8H,9-11H2,1-7H3;2-4H,1H3;2H,1H3. The van der Waals surface area contributed by atoms with Gasteiger partial charge in [0, 0.05) is 76.6 Å². The van der Waals surface area contributed by atoms with Gasteiger partial charge in [0.2, 0.25) is 0 Å². The smallest absolute Gasteiger partial charge is 0.465 e. The molecule has 2 saturated heterocycles. The van der Waals surface area contributed by atoms with Crippen molar-refractivity contribution >= 4 is 64.8 Å². The number of carbonyl (C=O) groups excluding carboxylic acids is 6. The molecule has 0 aromatic carbocycles. The van der Waals surface area contributed by atoms with Crippen LogP contribution in [-0.2, 0) is 37.7 Å². The number of carbonyl (C=O) groups is 6. The van der Waals surface area contributed by atoms with Crippen molar-refractivity contribution in [1.82, 2.24) is 29.7 Å². The highest BCUT2D eigenvalue weighted by Crippen LogP contribution is 2.39. The van der Waals surface area contributed by atoms with E-state index in [4.69, 9.17) is 28.6 Å². The van der Waals surface area contributed by atoms with Crippen LogP contribution in [0.5, 0.6) is 0 Å². The molecule has 4 aliphatic rings. The average molecular weight is 1200 g/mol. The summed E-state index contributed by atoms with van der Waals surface area (Å²) in [7, 11) is 4.71. The van der Waals surface area contributed by atoms with E-state index in [1.165, 1.54) is 33.7 Å². The van der Waals surface area contributed by atoms with Gasteiger partial charge in [-0.2, -0.15) is 0 Å². The van der Waals surface area contributed by atoms with Crippen LogP contribution in [0.25, 0.3) is 5.57 Å². The summed E-state index contributed by atoms with van der Waals surface area (Å²) in [6, 6.07) is 10.4. The minimum atomic E-state index is -0.494. The number of halogens is 1. The van der Waals surface area contributed by atoms with Gasteiger partial charge in [-0.15, -0.1) is 0 Å². The van der Waals surface area contributed by atoms with E-state index in [-0.39, 0.29) is 48.5 Å². The second-order valence-corrected chi connectivity index (χ2v) is 23.8. The molecule has 81 heavy (non-hydrogen) atoms. The van der Waals surface area contributed by atoms with Crippen molar-refractivity contribution in [2.24, 2.45) is 0 Å². The maximum absolute atomic E-state index is 12.1. The molecule has 4 aliphatic heterocycles. The van der Waals surface area contributed by atoms with Crippen molar-refractivity contribution in [2.45, 2.75) is 150 Å². The highest BCUT2D eigenvalue weighted by molar-refractivity contribution is 9.10. The van der Waals surface area contributed by atoms with Crippen LogP contribution in [0.3, 0.4) is 0 Å². The number of amides is 3. The molecule has 3 aromatic rings. The number of methoxy groups -OCH3 is 3. The minimum Gasteiger partial charge on any atom is -0.465 e. The van der Waals surface area contributed by atoms with E-state index in [2.05, 4.69) is 45.1 Å². The van der Waals surface area contributed by atoms with Crippen LogP contribution in [0.1, 0.15) is 164 Å². The Balaban J connectivity index is 0.000000288. The Morgan fingerprint density at radius 3 is 1.32 bits per heavy atom. The van der Waals surface area contributed by atoms with Crippen LogP contribution in [-0.4, -0.2) is 174 Å². The number of piperidine rings is 1. The summed E-state index contributed by atoms with van der Waals surface area (Å²) in [6.07, 6.45) is 10.8. The molecule has 0 atom stereocenters. The summed E-state index contributed by atoms with van der Waals surface area (Å²) in [5, 5.41) is 7.00. The van der Waals surface area contributed by atoms with Crippen molar-refractivity contribution < 1.29 is 71.6 Å². The fraction of sp³-hybridized carbons (Fsp3) is 0.569. The molecule has 21 nitrogen and oxygen atoms in total. The number of esters is 3. The first kappa shape index (κ1) is 68.8. The predicted octanol–water partition coefficient (Wildman–Crippen LogP) is 10.3. The highest BCUT2D eigenvalue weighted by Gasteiger charge is 2.52. The lowest BCUT2D eigenvalue weighted by Crippen LogP contribution is -2.41. The molecule has 0 spiro atoms. The Morgan fingerprint density at radius 2 is 0.975 bits per heavy atom. The molecular formula is C58H84BBrN6O15. The van der Waals surface area contributed by atoms with Gasteiger partial charge in [-0.1, -0.05) is 12.2 Å². The molecule has 2 fully saturated rings. The number of rotatable bonds is 6. The van der Waals surface area contributed by atoms with Crippen molar-refractivity contribution in [2.75, 3.05) is 67.7 Å². The number of ether oxygens (including phenoxy) is 6. The molecule has 0 saturated carbocycles. The van der Waals surface area contributed by atoms with Crippen molar-refractivity contribution in [1.29, 1.82) is 0 Å². The molecule has 7 rings (SSSR count). The zero-order valence-electron chi connectivity index (χ0n) is 50.3. The van der Waals surface area contributed by atoms with E-state index in [0.717, 1.165) is 48.8 Å². The topological polar surface area (TPSA) is 245 Å². The number of pyridine rings is 3. The Hall–Kier alpha value is -6.43. The summed E-state index contributed by atoms with van der Waals surface area (Å²) < 4.78 is 42.8. The molecular weight excluding hydrogens is 1110 g/mol. The molecule has 0 radical (unpaired) electrons. The first-order valence-corrected chi connectivity index (χ1v) is 27.5. The number of likely N-dealkylation sites (tertiary alicyclic amines) is 1. The lowest BCUT2D eigenvalue weighted by atomic mass is 9.75. The number of hydrogen-bond acceptors (Lipinski definition) is 18. The summed E-state index contributed by atoms with van der Waals surface area (Å²) in [5.41, 5.74) is 3.14. The fourth-order valence-corrected chi connectivity index (χ4v) is 8.02. The number of aromatic nitrogens is 3. The van der Waals surface area contributed by atoms with Crippen LogP contribution in [0.15, 0.2) is 77.2 Å². The first-order chi connectivity index (χ1) is 37.7. The normalized spacial score (nSPS) is 16.7. The number of aliphatic hydroxyl groups excluding tert-OH is 1. The third-order valence-electron chi connectivity index (χ3n) is 12.7. The van der Waals surface area contributed by atoms with Gasteiger partial charge in [0.15, 0.2) is 0 Å². The lowest BCUT2D eigenvalue weighted by molar-refractivity contribution is 0.00578. The van der Waals surface area contributed by atoms with E-state index in [1.807, 2.05) is 108 Å². The summed E-state index contributed by atoms with van der Waals surface area (Å²) >= 11 is 3.15. The molecule has 0 aliphatic carbocycles. The summed E-state index contributed by atoms with van der Waals surface area (Å²) in [5.74, 6) is -0.869. The van der Waals surface area contributed by atoms with E-state index < -0.39 is 22.8 Å². The van der Waals surface area contributed by atoms with Crippen LogP contribution in [0.2, 0.25) is 0 Å². The predicted molar refractivity (Wildman–Crippen MR) is 309 cm³/mol. The second kappa shape index (κ2) is 30.6. The third-order valence-corrected chi connectivity index (χ3v) is 13.2. The van der Waals surface area contributed by atoms with Gasteiger partial charge < -0.3 is 57.5 Å². The molecule has 23 heteroatoms. The van der Waals surface area contributed by atoms with Crippen molar-refractivity contribution in [3.63, 3.8) is 0 Å². The number of aliphatic hydroxyl groups is 1. The fourth-order valence-electron chi connectivity index (χ4n) is 7.79. The molecule has 7 heterocycles. The minimum absolute atomic E-state index is 0.259. The van der Waals surface area contributed by atoms with Gasteiger partial charge >= 0.3 is 43.3 Å². The van der Waals surface area contributed by atoms with E-state index >= 15 is 0 Å². The number of hydrogen-bond donors (Lipinski definition) is 1. The molecule has 446 valence electrons. The highest BCUT2D eigenvalue weighted by atomic mass is 79.9. The van der Waals surface area contributed by atoms with Crippen LogP contribution in [0.4, 0.5) is 14.4 Å². The largest absolute Gasteiger partial charge is 0.490 e. The molecule has 1 N–H and O–H groups in total. The Kier molecular flexibility index (Phi) is 26.0. The maximum Gasteiger partial charge on any atom is 0.490 e. The molecule has 3 aromatic heterocycles. The van der Waals surface area contributed by atoms with Gasteiger partial charge in [-0.05, 0) is 179 Å². The first-order valence-electron chi connectivity index (χ1n) is 26.7. The van der Waals surface area contributed by atoms with Gasteiger partial charge in [0.25, 0.3) is 0 Å². The van der Waals surface area contributed by atoms with Crippen LogP contribution in [0, 0.1) is 0 Å². The summed E-state index contributed by atoms with van der Waals surface area (Å²) in [4.78, 5) is 87.4. The third kappa shape index (κ3) is 22.4. The number of nitrogens with zero attached hydrogens (tertiary/aromatic N) is 6. The molecule has 0 bridgehead atoms. The van der Waals surface area contributed by atoms with Crippen molar-refractivity contribution in [3.8, 4) is 0 Å². The maximum atomic E-state index is 12.1. The van der Waals surface area contributed by atoms with E-state index in [9.17, 15) is 28.8 Å². The van der Waals surface area contributed by atoms with Crippen LogP contribution < -0.4 is 0 Å². The van der Waals surface area contributed by atoms with Gasteiger partial charge in [0.05, 0.1) is 54.9 Å². The molecule has 3 amide bonds. The van der Waals surface area contributed by atoms with Gasteiger partial charge in [-0.3, -0.25) is 9.97 Å². The van der Waals surface area contributed by atoms with Gasteiger partial charge in [-0.25, -0.2) is 33.8 Å². The van der Waals surface area contributed by atoms with Crippen LogP contribution >= 0.6 is 15.9 Å². The molecule has 0 unspecified atom stereocenters. The second-order valence-electron chi connectivity index (χ2n) is 22.9. The van der Waals surface area contributed by atoms with E-state index in [0.29, 0.717) is 72.9 Å². The van der Waals surface area contributed by atoms with Crippen molar-refractivity contribution in [3.05, 3.63) is 105 Å². The summed E-state index contributed by atoms with van der Waals surface area (Å²) in [6.45, 7) is 28.5. The Morgan fingerprint density at radius 1 is 0.568 bits per heavy atom.